The average molecular weight is 282 g/mol. The highest BCUT2D eigenvalue weighted by atomic mass is 16.5. The maximum Gasteiger partial charge on any atom is 0.329 e. The van der Waals surface area contributed by atoms with Crippen LogP contribution in [0.5, 0.6) is 0 Å². The van der Waals surface area contributed by atoms with Gasteiger partial charge in [-0.3, -0.25) is 9.78 Å². The lowest BCUT2D eigenvalue weighted by Crippen LogP contribution is -2.41. The van der Waals surface area contributed by atoms with E-state index >= 15 is 0 Å². The number of terminal acetylenes is 1. The first kappa shape index (κ1) is 14.5. The van der Waals surface area contributed by atoms with Crippen molar-refractivity contribution in [1.29, 1.82) is 0 Å². The molecule has 2 aromatic rings. The zero-order chi connectivity index (χ0) is 15.2. The normalized spacial score (nSPS) is 11.4. The summed E-state index contributed by atoms with van der Waals surface area (Å²) >= 11 is 0. The van der Waals surface area contributed by atoms with Gasteiger partial charge in [0.05, 0.1) is 18.2 Å². The molecule has 1 heterocycles. The van der Waals surface area contributed by atoms with Crippen LogP contribution in [0, 0.1) is 12.3 Å². The van der Waals surface area contributed by atoms with Crippen molar-refractivity contribution < 1.29 is 14.3 Å². The zero-order valence-corrected chi connectivity index (χ0v) is 11.5. The fourth-order valence-electron chi connectivity index (χ4n) is 1.89. The summed E-state index contributed by atoms with van der Waals surface area (Å²) in [5.41, 5.74) is 1.15. The molecule has 0 saturated heterocycles. The number of esters is 1. The van der Waals surface area contributed by atoms with Gasteiger partial charge in [-0.05, 0) is 12.1 Å². The first-order valence-electron chi connectivity index (χ1n) is 6.32. The summed E-state index contributed by atoms with van der Waals surface area (Å²) in [6.45, 7) is 0. The summed E-state index contributed by atoms with van der Waals surface area (Å²) in [5, 5.41) is 3.40. The average Bonchev–Trinajstić information content (AvgIpc) is 2.53. The standard InChI is InChI=1S/C16H14N2O3/c1-3-6-14(16(20)21-2)18-15(19)12-9-11-7-4-5-8-13(11)17-10-12/h1,4-5,7-10,14H,6H2,2H3,(H,18,19)/t14-/m1/s1. The van der Waals surface area contributed by atoms with Crippen LogP contribution in [0.2, 0.25) is 0 Å². The first-order chi connectivity index (χ1) is 10.2. The SMILES string of the molecule is C#CC[C@@H](NC(=O)c1cnc2ccccc2c1)C(=O)OC. The fourth-order valence-corrected chi connectivity index (χ4v) is 1.89. The van der Waals surface area contributed by atoms with Crippen LogP contribution < -0.4 is 5.32 Å². The van der Waals surface area contributed by atoms with Crippen molar-refractivity contribution in [2.24, 2.45) is 0 Å². The Kier molecular flexibility index (Phi) is 4.52. The Hall–Kier alpha value is -2.87. The summed E-state index contributed by atoms with van der Waals surface area (Å²) in [4.78, 5) is 27.9. The van der Waals surface area contributed by atoms with Crippen molar-refractivity contribution in [2.45, 2.75) is 12.5 Å². The first-order valence-corrected chi connectivity index (χ1v) is 6.32. The van der Waals surface area contributed by atoms with Gasteiger partial charge in [0.25, 0.3) is 5.91 Å². The molecule has 21 heavy (non-hydrogen) atoms. The van der Waals surface area contributed by atoms with E-state index in [0.29, 0.717) is 5.56 Å². The van der Waals surface area contributed by atoms with Gasteiger partial charge in [0, 0.05) is 18.0 Å². The third-order valence-electron chi connectivity index (χ3n) is 2.97. The van der Waals surface area contributed by atoms with Gasteiger partial charge in [-0.15, -0.1) is 12.3 Å². The van der Waals surface area contributed by atoms with Crippen LogP contribution in [0.1, 0.15) is 16.8 Å². The van der Waals surface area contributed by atoms with Gasteiger partial charge in [-0.2, -0.15) is 0 Å². The lowest BCUT2D eigenvalue weighted by Gasteiger charge is -2.14. The Morgan fingerprint density at radius 3 is 2.90 bits per heavy atom. The molecule has 0 radical (unpaired) electrons. The van der Waals surface area contributed by atoms with E-state index in [2.05, 4.69) is 21.0 Å². The molecule has 5 nitrogen and oxygen atoms in total. The Labute approximate surface area is 122 Å². The van der Waals surface area contributed by atoms with Crippen LogP contribution in [0.4, 0.5) is 0 Å². The van der Waals surface area contributed by atoms with Gasteiger partial charge in [0.2, 0.25) is 0 Å². The molecular formula is C16H14N2O3. The molecule has 0 bridgehead atoms. The van der Waals surface area contributed by atoms with E-state index in [-0.39, 0.29) is 6.42 Å². The number of aromatic nitrogens is 1. The highest BCUT2D eigenvalue weighted by molar-refractivity contribution is 5.99. The van der Waals surface area contributed by atoms with Crippen LogP contribution in [-0.2, 0) is 9.53 Å². The number of carbonyl (C=O) groups is 2. The minimum absolute atomic E-state index is 0.0689. The Morgan fingerprint density at radius 2 is 2.19 bits per heavy atom. The molecule has 1 atom stereocenters. The van der Waals surface area contributed by atoms with Gasteiger partial charge in [0.15, 0.2) is 0 Å². The van der Waals surface area contributed by atoms with E-state index in [4.69, 9.17) is 6.42 Å². The zero-order valence-electron chi connectivity index (χ0n) is 11.5. The number of rotatable bonds is 4. The van der Waals surface area contributed by atoms with Crippen molar-refractivity contribution in [3.63, 3.8) is 0 Å². The maximum atomic E-state index is 12.2. The molecule has 0 aliphatic carbocycles. The fraction of sp³-hybridized carbons (Fsp3) is 0.188. The molecule has 1 aromatic heterocycles. The van der Waals surface area contributed by atoms with Gasteiger partial charge in [0.1, 0.15) is 6.04 Å². The molecular weight excluding hydrogens is 268 g/mol. The van der Waals surface area contributed by atoms with Crippen molar-refractivity contribution in [3.8, 4) is 12.3 Å². The number of carbonyl (C=O) groups excluding carboxylic acids is 2. The minimum atomic E-state index is -0.862. The number of ether oxygens (including phenoxy) is 1. The Morgan fingerprint density at radius 1 is 1.43 bits per heavy atom. The minimum Gasteiger partial charge on any atom is -0.467 e. The number of nitrogens with zero attached hydrogens (tertiary/aromatic N) is 1. The quantitative estimate of drug-likeness (QED) is 0.682. The lowest BCUT2D eigenvalue weighted by molar-refractivity contribution is -0.142. The molecule has 0 saturated carbocycles. The summed E-state index contributed by atoms with van der Waals surface area (Å²) in [6.07, 6.45) is 6.72. The topological polar surface area (TPSA) is 68.3 Å². The number of methoxy groups -OCH3 is 1. The number of nitrogens with one attached hydrogen (secondary N) is 1. The molecule has 0 spiro atoms. The van der Waals surface area contributed by atoms with Gasteiger partial charge < -0.3 is 10.1 Å². The maximum absolute atomic E-state index is 12.2. The second kappa shape index (κ2) is 6.53. The molecule has 2 rings (SSSR count). The van der Waals surface area contributed by atoms with Gasteiger partial charge >= 0.3 is 5.97 Å². The summed E-state index contributed by atoms with van der Waals surface area (Å²) in [7, 11) is 1.25. The largest absolute Gasteiger partial charge is 0.467 e. The van der Waals surface area contributed by atoms with Crippen molar-refractivity contribution in [2.75, 3.05) is 7.11 Å². The van der Waals surface area contributed by atoms with Gasteiger partial charge in [-0.1, -0.05) is 18.2 Å². The van der Waals surface area contributed by atoms with E-state index < -0.39 is 17.9 Å². The van der Waals surface area contributed by atoms with Crippen LogP contribution >= 0.6 is 0 Å². The predicted molar refractivity (Wildman–Crippen MR) is 78.5 cm³/mol. The Balaban J connectivity index is 2.21. The second-order valence-electron chi connectivity index (χ2n) is 4.37. The van der Waals surface area contributed by atoms with Crippen molar-refractivity contribution in [1.82, 2.24) is 10.3 Å². The molecule has 0 aliphatic heterocycles. The molecule has 1 aromatic carbocycles. The molecule has 0 unspecified atom stereocenters. The number of pyridine rings is 1. The van der Waals surface area contributed by atoms with Crippen LogP contribution in [0.15, 0.2) is 36.5 Å². The van der Waals surface area contributed by atoms with Crippen LogP contribution in [0.3, 0.4) is 0 Å². The number of hydrogen-bond donors (Lipinski definition) is 1. The van der Waals surface area contributed by atoms with Crippen molar-refractivity contribution >= 4 is 22.8 Å². The highest BCUT2D eigenvalue weighted by Gasteiger charge is 2.21. The van der Waals surface area contributed by atoms with E-state index in [1.54, 1.807) is 6.07 Å². The summed E-state index contributed by atoms with van der Waals surface area (Å²) in [5.74, 6) is 1.35. The third-order valence-corrected chi connectivity index (χ3v) is 2.97. The predicted octanol–water partition coefficient (Wildman–Crippen LogP) is 1.53. The highest BCUT2D eigenvalue weighted by Crippen LogP contribution is 2.12. The van der Waals surface area contributed by atoms with Gasteiger partial charge in [-0.25, -0.2) is 4.79 Å². The third kappa shape index (κ3) is 3.37. The molecule has 0 fully saturated rings. The lowest BCUT2D eigenvalue weighted by atomic mass is 10.1. The molecule has 1 amide bonds. The molecule has 106 valence electrons. The smallest absolute Gasteiger partial charge is 0.329 e. The number of fused-ring (bicyclic) bond motifs is 1. The number of para-hydroxylation sites is 1. The molecule has 0 aliphatic rings. The Bertz CT molecular complexity index is 719. The molecule has 5 heteroatoms. The summed E-state index contributed by atoms with van der Waals surface area (Å²) < 4.78 is 4.61. The van der Waals surface area contributed by atoms with Crippen LogP contribution in [-0.4, -0.2) is 30.0 Å². The monoisotopic (exact) mass is 282 g/mol. The van der Waals surface area contributed by atoms with E-state index in [9.17, 15) is 9.59 Å². The van der Waals surface area contributed by atoms with E-state index in [1.165, 1.54) is 13.3 Å². The van der Waals surface area contributed by atoms with E-state index in [0.717, 1.165) is 10.9 Å². The molecule has 1 N–H and O–H groups in total. The van der Waals surface area contributed by atoms with Crippen molar-refractivity contribution in [3.05, 3.63) is 42.1 Å². The number of benzene rings is 1. The number of hydrogen-bond acceptors (Lipinski definition) is 4. The van der Waals surface area contributed by atoms with Crippen LogP contribution in [0.25, 0.3) is 10.9 Å². The van der Waals surface area contributed by atoms with E-state index in [1.807, 2.05) is 24.3 Å². The number of amides is 1. The second-order valence-corrected chi connectivity index (χ2v) is 4.37. The summed E-state index contributed by atoms with van der Waals surface area (Å²) in [6, 6.07) is 8.29.